The van der Waals surface area contributed by atoms with Crippen LogP contribution in [0.5, 0.6) is 0 Å². The Morgan fingerprint density at radius 3 is 2.38 bits per heavy atom. The minimum Gasteiger partial charge on any atom is -0.480 e. The van der Waals surface area contributed by atoms with E-state index >= 15 is 0 Å². The summed E-state index contributed by atoms with van der Waals surface area (Å²) >= 11 is 1.84. The molecular weight excluding hydrogens is 294 g/mol. The van der Waals surface area contributed by atoms with Gasteiger partial charge in [0.2, 0.25) is 5.91 Å². The highest BCUT2D eigenvalue weighted by molar-refractivity contribution is 7.99. The second kappa shape index (κ2) is 8.76. The molecule has 1 aliphatic rings. The van der Waals surface area contributed by atoms with Crippen LogP contribution in [-0.2, 0) is 9.59 Å². The van der Waals surface area contributed by atoms with Crippen molar-refractivity contribution < 1.29 is 19.5 Å². The molecule has 0 aliphatic heterocycles. The van der Waals surface area contributed by atoms with Gasteiger partial charge < -0.3 is 21.5 Å². The first-order valence-corrected chi connectivity index (χ1v) is 8.32. The van der Waals surface area contributed by atoms with Gasteiger partial charge in [0.1, 0.15) is 6.04 Å². The van der Waals surface area contributed by atoms with Gasteiger partial charge in [0.05, 0.1) is 0 Å². The minimum absolute atomic E-state index is 0.00268. The molecule has 0 saturated heterocycles. The Morgan fingerprint density at radius 1 is 1.29 bits per heavy atom. The van der Waals surface area contributed by atoms with Gasteiger partial charge in [-0.05, 0) is 38.4 Å². The molecular formula is C13H23N3O4S. The quantitative estimate of drug-likeness (QED) is 0.550. The van der Waals surface area contributed by atoms with Gasteiger partial charge in [-0.1, -0.05) is 0 Å². The zero-order valence-electron chi connectivity index (χ0n) is 12.1. The van der Waals surface area contributed by atoms with Gasteiger partial charge >= 0.3 is 12.0 Å². The highest BCUT2D eigenvalue weighted by Crippen LogP contribution is 2.26. The summed E-state index contributed by atoms with van der Waals surface area (Å²) in [5.74, 6) is -1.75. The number of thioether (sulfide) groups is 1. The van der Waals surface area contributed by atoms with E-state index in [-0.39, 0.29) is 18.9 Å². The first kappa shape index (κ1) is 17.6. The van der Waals surface area contributed by atoms with E-state index in [2.05, 4.69) is 16.9 Å². The largest absolute Gasteiger partial charge is 0.480 e. The molecule has 21 heavy (non-hydrogen) atoms. The molecule has 8 heteroatoms. The van der Waals surface area contributed by atoms with Crippen molar-refractivity contribution in [3.63, 3.8) is 0 Å². The number of nitrogens with one attached hydrogen (secondary N) is 2. The summed E-state index contributed by atoms with van der Waals surface area (Å²) in [6.45, 7) is 0. The van der Waals surface area contributed by atoms with Crippen LogP contribution in [0.4, 0.5) is 4.79 Å². The summed E-state index contributed by atoms with van der Waals surface area (Å²) in [6.07, 6.45) is 5.91. The molecule has 0 heterocycles. The Hall–Kier alpha value is -1.44. The zero-order chi connectivity index (χ0) is 15.8. The highest BCUT2D eigenvalue weighted by Gasteiger charge is 2.24. The maximum Gasteiger partial charge on any atom is 0.326 e. The molecule has 0 spiro atoms. The number of urea groups is 1. The van der Waals surface area contributed by atoms with Crippen LogP contribution in [0.25, 0.3) is 0 Å². The van der Waals surface area contributed by atoms with Crippen molar-refractivity contribution in [2.45, 2.75) is 55.9 Å². The van der Waals surface area contributed by atoms with Crippen molar-refractivity contribution in [3.05, 3.63) is 0 Å². The number of carboxylic acids is 1. The van der Waals surface area contributed by atoms with Crippen molar-refractivity contribution >= 4 is 29.7 Å². The Kier molecular flexibility index (Phi) is 7.35. The third kappa shape index (κ3) is 6.70. The summed E-state index contributed by atoms with van der Waals surface area (Å²) in [6, 6.07) is -1.52. The van der Waals surface area contributed by atoms with Gasteiger partial charge in [0.25, 0.3) is 0 Å². The predicted octanol–water partition coefficient (Wildman–Crippen LogP) is 0.679. The molecule has 0 bridgehead atoms. The van der Waals surface area contributed by atoms with Crippen LogP contribution < -0.4 is 16.4 Å². The smallest absolute Gasteiger partial charge is 0.326 e. The van der Waals surface area contributed by atoms with Crippen molar-refractivity contribution in [1.82, 2.24) is 10.6 Å². The first-order chi connectivity index (χ1) is 9.92. The molecule has 7 nitrogen and oxygen atoms in total. The molecule has 5 N–H and O–H groups in total. The van der Waals surface area contributed by atoms with E-state index in [0.29, 0.717) is 5.25 Å². The van der Waals surface area contributed by atoms with E-state index in [0.717, 1.165) is 25.7 Å². The molecule has 0 aromatic heterocycles. The molecule has 0 unspecified atom stereocenters. The van der Waals surface area contributed by atoms with Crippen molar-refractivity contribution in [2.24, 2.45) is 5.73 Å². The van der Waals surface area contributed by atoms with Crippen LogP contribution in [0, 0.1) is 0 Å². The summed E-state index contributed by atoms with van der Waals surface area (Å²) < 4.78 is 0. The number of hydrogen-bond acceptors (Lipinski definition) is 4. The number of hydrogen-bond donors (Lipinski definition) is 4. The van der Waals surface area contributed by atoms with Crippen LogP contribution in [0.15, 0.2) is 0 Å². The predicted molar refractivity (Wildman–Crippen MR) is 81.1 cm³/mol. The number of amides is 3. The second-order valence-corrected chi connectivity index (χ2v) is 6.36. The van der Waals surface area contributed by atoms with Gasteiger partial charge in [0, 0.05) is 17.7 Å². The fourth-order valence-electron chi connectivity index (χ4n) is 2.37. The SMILES string of the molecule is CSC1CCC(NC(=O)N[C@H](CCC(N)=O)C(=O)O)CC1. The van der Waals surface area contributed by atoms with Crippen molar-refractivity contribution in [2.75, 3.05) is 6.26 Å². The van der Waals surface area contributed by atoms with Gasteiger partial charge in [-0.3, -0.25) is 4.79 Å². The van der Waals surface area contributed by atoms with E-state index in [1.807, 2.05) is 11.8 Å². The lowest BCUT2D eigenvalue weighted by Crippen LogP contribution is -2.50. The number of nitrogens with two attached hydrogens (primary N) is 1. The lowest BCUT2D eigenvalue weighted by molar-refractivity contribution is -0.139. The number of aliphatic carboxylic acids is 1. The molecule has 1 atom stereocenters. The number of rotatable bonds is 7. The zero-order valence-corrected chi connectivity index (χ0v) is 12.9. The standard InChI is InChI=1S/C13H23N3O4S/c1-21-9-4-2-8(3-5-9)15-13(20)16-10(12(18)19)6-7-11(14)17/h8-10H,2-7H2,1H3,(H2,14,17)(H,18,19)(H2,15,16,20)/t8?,9?,10-/m1/s1. The van der Waals surface area contributed by atoms with E-state index in [1.165, 1.54) is 0 Å². The number of carbonyl (C=O) groups excluding carboxylic acids is 2. The maximum atomic E-state index is 11.8. The third-order valence-electron chi connectivity index (χ3n) is 3.63. The molecule has 0 radical (unpaired) electrons. The number of carboxylic acid groups (broad SMARTS) is 1. The minimum atomic E-state index is -1.17. The average Bonchev–Trinajstić information content (AvgIpc) is 2.43. The Morgan fingerprint density at radius 2 is 1.90 bits per heavy atom. The summed E-state index contributed by atoms with van der Waals surface area (Å²) in [5.41, 5.74) is 4.99. The average molecular weight is 317 g/mol. The summed E-state index contributed by atoms with van der Waals surface area (Å²) in [5, 5.41) is 14.8. The third-order valence-corrected chi connectivity index (χ3v) is 4.76. The number of primary amides is 1. The van der Waals surface area contributed by atoms with E-state index < -0.39 is 23.9 Å². The number of carbonyl (C=O) groups is 3. The fourth-order valence-corrected chi connectivity index (χ4v) is 3.12. The first-order valence-electron chi connectivity index (χ1n) is 7.03. The maximum absolute atomic E-state index is 11.8. The van der Waals surface area contributed by atoms with E-state index in [1.54, 1.807) is 0 Å². The van der Waals surface area contributed by atoms with Crippen LogP contribution in [0.2, 0.25) is 0 Å². The van der Waals surface area contributed by atoms with Gasteiger partial charge in [-0.15, -0.1) is 0 Å². The molecule has 1 saturated carbocycles. The topological polar surface area (TPSA) is 122 Å². The summed E-state index contributed by atoms with van der Waals surface area (Å²) in [4.78, 5) is 33.5. The monoisotopic (exact) mass is 317 g/mol. The van der Waals surface area contributed by atoms with Crippen LogP contribution in [-0.4, -0.2) is 46.6 Å². The van der Waals surface area contributed by atoms with E-state index in [4.69, 9.17) is 10.8 Å². The Labute approximate surface area is 128 Å². The lowest BCUT2D eigenvalue weighted by atomic mass is 9.95. The van der Waals surface area contributed by atoms with E-state index in [9.17, 15) is 14.4 Å². The summed E-state index contributed by atoms with van der Waals surface area (Å²) in [7, 11) is 0. The fraction of sp³-hybridized carbons (Fsp3) is 0.769. The molecule has 1 fully saturated rings. The van der Waals surface area contributed by atoms with Crippen LogP contribution in [0.1, 0.15) is 38.5 Å². The molecule has 1 rings (SSSR count). The van der Waals surface area contributed by atoms with Crippen LogP contribution in [0.3, 0.4) is 0 Å². The molecule has 0 aromatic carbocycles. The Bertz CT molecular complexity index is 384. The van der Waals surface area contributed by atoms with Gasteiger partial charge in [-0.25, -0.2) is 9.59 Å². The van der Waals surface area contributed by atoms with Crippen LogP contribution >= 0.6 is 11.8 Å². The van der Waals surface area contributed by atoms with Gasteiger partial charge in [-0.2, -0.15) is 11.8 Å². The molecule has 1 aliphatic carbocycles. The molecule has 120 valence electrons. The molecule has 0 aromatic rings. The van der Waals surface area contributed by atoms with Gasteiger partial charge in [0.15, 0.2) is 0 Å². The normalized spacial score (nSPS) is 23.1. The second-order valence-electron chi connectivity index (χ2n) is 5.22. The highest BCUT2D eigenvalue weighted by atomic mass is 32.2. The lowest BCUT2D eigenvalue weighted by Gasteiger charge is -2.28. The molecule has 3 amide bonds. The Balaban J connectivity index is 2.36. The van der Waals surface area contributed by atoms with Crippen molar-refractivity contribution in [3.8, 4) is 0 Å². The van der Waals surface area contributed by atoms with Crippen molar-refractivity contribution in [1.29, 1.82) is 0 Å².